The van der Waals surface area contributed by atoms with Crippen LogP contribution in [0.15, 0.2) is 22.7 Å². The molecule has 0 saturated heterocycles. The van der Waals surface area contributed by atoms with Crippen molar-refractivity contribution in [1.82, 2.24) is 5.32 Å². The van der Waals surface area contributed by atoms with Gasteiger partial charge >= 0.3 is 0 Å². The Hall–Kier alpha value is -0.540. The van der Waals surface area contributed by atoms with Gasteiger partial charge in [-0.25, -0.2) is 0 Å². The third-order valence-corrected chi connectivity index (χ3v) is 3.93. The van der Waals surface area contributed by atoms with Crippen LogP contribution in [-0.4, -0.2) is 12.6 Å². The Balaban J connectivity index is 2.04. The lowest BCUT2D eigenvalue weighted by Gasteiger charge is -2.24. The Morgan fingerprint density at radius 1 is 1.28 bits per heavy atom. The molecule has 0 unspecified atom stereocenters. The SMILES string of the molecule is CCNCc1cc(Br)ccc1OC1CCCCC1. The third-order valence-electron chi connectivity index (χ3n) is 3.43. The highest BCUT2D eigenvalue weighted by Gasteiger charge is 2.16. The zero-order valence-corrected chi connectivity index (χ0v) is 12.6. The Bertz CT molecular complexity index is 375. The van der Waals surface area contributed by atoms with Crippen LogP contribution >= 0.6 is 15.9 Å². The first-order valence-corrected chi connectivity index (χ1v) is 7.74. The van der Waals surface area contributed by atoms with Crippen molar-refractivity contribution in [2.75, 3.05) is 6.54 Å². The summed E-state index contributed by atoms with van der Waals surface area (Å²) in [5, 5.41) is 3.37. The molecule has 1 aliphatic carbocycles. The fourth-order valence-corrected chi connectivity index (χ4v) is 2.83. The van der Waals surface area contributed by atoms with Crippen molar-refractivity contribution < 1.29 is 4.74 Å². The van der Waals surface area contributed by atoms with E-state index in [0.717, 1.165) is 23.3 Å². The molecule has 1 aliphatic rings. The highest BCUT2D eigenvalue weighted by molar-refractivity contribution is 9.10. The maximum absolute atomic E-state index is 6.18. The van der Waals surface area contributed by atoms with Gasteiger partial charge in [0, 0.05) is 16.6 Å². The molecule has 1 fully saturated rings. The van der Waals surface area contributed by atoms with E-state index in [0.29, 0.717) is 6.10 Å². The van der Waals surface area contributed by atoms with Crippen molar-refractivity contribution in [2.24, 2.45) is 0 Å². The number of benzene rings is 1. The molecule has 0 aliphatic heterocycles. The summed E-state index contributed by atoms with van der Waals surface area (Å²) >= 11 is 3.53. The molecule has 1 aromatic rings. The zero-order chi connectivity index (χ0) is 12.8. The van der Waals surface area contributed by atoms with Gasteiger partial charge in [0.25, 0.3) is 0 Å². The average Bonchev–Trinajstić information content (AvgIpc) is 2.40. The molecule has 18 heavy (non-hydrogen) atoms. The first-order valence-electron chi connectivity index (χ1n) is 6.95. The predicted molar refractivity (Wildman–Crippen MR) is 79.0 cm³/mol. The predicted octanol–water partition coefficient (Wildman–Crippen LogP) is 4.27. The summed E-state index contributed by atoms with van der Waals surface area (Å²) in [5.74, 6) is 1.05. The number of rotatable bonds is 5. The molecule has 0 aromatic heterocycles. The van der Waals surface area contributed by atoms with Crippen molar-refractivity contribution in [3.63, 3.8) is 0 Å². The summed E-state index contributed by atoms with van der Waals surface area (Å²) < 4.78 is 7.29. The molecule has 100 valence electrons. The lowest BCUT2D eigenvalue weighted by atomic mass is 9.97. The van der Waals surface area contributed by atoms with Crippen LogP contribution in [0.1, 0.15) is 44.6 Å². The molecular weight excluding hydrogens is 290 g/mol. The summed E-state index contributed by atoms with van der Waals surface area (Å²) in [6.07, 6.45) is 6.81. The first-order chi connectivity index (χ1) is 8.79. The van der Waals surface area contributed by atoms with E-state index in [9.17, 15) is 0 Å². The molecule has 3 heteroatoms. The number of ether oxygens (including phenoxy) is 1. The minimum atomic E-state index is 0.417. The van der Waals surface area contributed by atoms with Gasteiger partial charge in [0.15, 0.2) is 0 Å². The molecule has 0 bridgehead atoms. The summed E-state index contributed by atoms with van der Waals surface area (Å²) in [5.41, 5.74) is 1.25. The van der Waals surface area contributed by atoms with E-state index >= 15 is 0 Å². The van der Waals surface area contributed by atoms with E-state index in [1.54, 1.807) is 0 Å². The van der Waals surface area contributed by atoms with Gasteiger partial charge in [-0.05, 0) is 50.4 Å². The van der Waals surface area contributed by atoms with E-state index in [1.807, 2.05) is 0 Å². The minimum Gasteiger partial charge on any atom is -0.490 e. The van der Waals surface area contributed by atoms with Gasteiger partial charge in [0.05, 0.1) is 6.10 Å². The molecule has 0 atom stereocenters. The number of halogens is 1. The standard InChI is InChI=1S/C15H22BrNO/c1-2-17-11-12-10-13(16)8-9-15(12)18-14-6-4-3-5-7-14/h8-10,14,17H,2-7,11H2,1H3. The van der Waals surface area contributed by atoms with Gasteiger partial charge in [0.1, 0.15) is 5.75 Å². The maximum atomic E-state index is 6.18. The van der Waals surface area contributed by atoms with Crippen molar-refractivity contribution in [1.29, 1.82) is 0 Å². The Morgan fingerprint density at radius 2 is 2.06 bits per heavy atom. The lowest BCUT2D eigenvalue weighted by Crippen LogP contribution is -2.21. The first kappa shape index (κ1) is 13.9. The van der Waals surface area contributed by atoms with Crippen LogP contribution in [0.25, 0.3) is 0 Å². The van der Waals surface area contributed by atoms with Crippen molar-refractivity contribution in [3.05, 3.63) is 28.2 Å². The van der Waals surface area contributed by atoms with Crippen molar-refractivity contribution >= 4 is 15.9 Å². The van der Waals surface area contributed by atoms with Crippen LogP contribution in [0.2, 0.25) is 0 Å². The minimum absolute atomic E-state index is 0.417. The van der Waals surface area contributed by atoms with Crippen molar-refractivity contribution in [2.45, 2.75) is 51.7 Å². The smallest absolute Gasteiger partial charge is 0.124 e. The van der Waals surface area contributed by atoms with Crippen LogP contribution in [0, 0.1) is 0 Å². The van der Waals surface area contributed by atoms with Crippen LogP contribution < -0.4 is 10.1 Å². The zero-order valence-electron chi connectivity index (χ0n) is 11.0. The highest BCUT2D eigenvalue weighted by atomic mass is 79.9. The van der Waals surface area contributed by atoms with Crippen molar-refractivity contribution in [3.8, 4) is 5.75 Å². The number of hydrogen-bond donors (Lipinski definition) is 1. The normalized spacial score (nSPS) is 16.8. The largest absolute Gasteiger partial charge is 0.490 e. The van der Waals surface area contributed by atoms with Crippen LogP contribution in [0.3, 0.4) is 0 Å². The van der Waals surface area contributed by atoms with Gasteiger partial charge in [-0.3, -0.25) is 0 Å². The van der Waals surface area contributed by atoms with Crippen LogP contribution in [0.5, 0.6) is 5.75 Å². The number of hydrogen-bond acceptors (Lipinski definition) is 2. The summed E-state index contributed by atoms with van der Waals surface area (Å²) in [6, 6.07) is 6.31. The van der Waals surface area contributed by atoms with Gasteiger partial charge in [-0.15, -0.1) is 0 Å². The highest BCUT2D eigenvalue weighted by Crippen LogP contribution is 2.28. The fourth-order valence-electron chi connectivity index (χ4n) is 2.42. The Kier molecular flexibility index (Phi) is 5.51. The van der Waals surface area contributed by atoms with Gasteiger partial charge < -0.3 is 10.1 Å². The monoisotopic (exact) mass is 311 g/mol. The van der Waals surface area contributed by atoms with E-state index < -0.39 is 0 Å². The number of nitrogens with one attached hydrogen (secondary N) is 1. The molecule has 1 aromatic carbocycles. The second-order valence-corrected chi connectivity index (χ2v) is 5.83. The van der Waals surface area contributed by atoms with E-state index in [4.69, 9.17) is 4.74 Å². The molecular formula is C15H22BrNO. The molecule has 0 spiro atoms. The van der Waals surface area contributed by atoms with Gasteiger partial charge in [-0.2, -0.15) is 0 Å². The molecule has 0 heterocycles. The van der Waals surface area contributed by atoms with Crippen LogP contribution in [0.4, 0.5) is 0 Å². The molecule has 1 N–H and O–H groups in total. The van der Waals surface area contributed by atoms with Gasteiger partial charge in [-0.1, -0.05) is 29.3 Å². The van der Waals surface area contributed by atoms with Gasteiger partial charge in [0.2, 0.25) is 0 Å². The summed E-state index contributed by atoms with van der Waals surface area (Å²) in [6.45, 7) is 3.98. The molecule has 1 saturated carbocycles. The molecule has 2 nitrogen and oxygen atoms in total. The summed E-state index contributed by atoms with van der Waals surface area (Å²) in [7, 11) is 0. The molecule has 0 radical (unpaired) electrons. The van der Waals surface area contributed by atoms with E-state index in [1.165, 1.54) is 37.7 Å². The summed E-state index contributed by atoms with van der Waals surface area (Å²) in [4.78, 5) is 0. The Morgan fingerprint density at radius 3 is 2.78 bits per heavy atom. The lowest BCUT2D eigenvalue weighted by molar-refractivity contribution is 0.153. The molecule has 0 amide bonds. The van der Waals surface area contributed by atoms with Crippen LogP contribution in [-0.2, 0) is 6.54 Å². The average molecular weight is 312 g/mol. The topological polar surface area (TPSA) is 21.3 Å². The second kappa shape index (κ2) is 7.15. The fraction of sp³-hybridized carbons (Fsp3) is 0.600. The molecule has 2 rings (SSSR count). The van der Waals surface area contributed by atoms with E-state index in [2.05, 4.69) is 46.4 Å². The van der Waals surface area contributed by atoms with E-state index in [-0.39, 0.29) is 0 Å². The maximum Gasteiger partial charge on any atom is 0.124 e. The second-order valence-electron chi connectivity index (χ2n) is 4.91. The Labute approximate surface area is 118 Å². The quantitative estimate of drug-likeness (QED) is 0.876. The third kappa shape index (κ3) is 3.99.